The molecule has 0 amide bonds. The van der Waals surface area contributed by atoms with Crippen molar-refractivity contribution >= 4 is 24.4 Å². The summed E-state index contributed by atoms with van der Waals surface area (Å²) in [6.45, 7) is 1.24. The third-order valence-electron chi connectivity index (χ3n) is 3.33. The Bertz CT molecular complexity index is 341. The van der Waals surface area contributed by atoms with Crippen LogP contribution in [-0.4, -0.2) is 22.1 Å². The number of fused-ring (bicyclic) bond motifs is 1. The number of benzene rings is 1. The van der Waals surface area contributed by atoms with E-state index in [9.17, 15) is 0 Å². The van der Waals surface area contributed by atoms with Gasteiger partial charge in [-0.15, -0.1) is 11.8 Å². The van der Waals surface area contributed by atoms with E-state index in [1.807, 2.05) is 11.8 Å². The Hall–Kier alpha value is -0.120. The SMILES string of the molecule is SC1SC(c2ccccc2)N2CCCC12. The summed E-state index contributed by atoms with van der Waals surface area (Å²) >= 11 is 6.70. The minimum atomic E-state index is 0.498. The quantitative estimate of drug-likeness (QED) is 0.747. The maximum absolute atomic E-state index is 4.70. The summed E-state index contributed by atoms with van der Waals surface area (Å²) in [5, 5.41) is 0.543. The van der Waals surface area contributed by atoms with E-state index in [0.29, 0.717) is 16.0 Å². The van der Waals surface area contributed by atoms with Gasteiger partial charge < -0.3 is 0 Å². The van der Waals surface area contributed by atoms with Crippen molar-refractivity contribution in [2.24, 2.45) is 0 Å². The van der Waals surface area contributed by atoms with Gasteiger partial charge in [0.25, 0.3) is 0 Å². The van der Waals surface area contributed by atoms with Crippen LogP contribution in [-0.2, 0) is 0 Å². The van der Waals surface area contributed by atoms with Crippen LogP contribution in [0.4, 0.5) is 0 Å². The molecule has 2 aliphatic heterocycles. The minimum Gasteiger partial charge on any atom is -0.283 e. The molecule has 0 bridgehead atoms. The molecule has 3 rings (SSSR count). The summed E-state index contributed by atoms with van der Waals surface area (Å²) < 4.78 is 0.498. The average molecular weight is 237 g/mol. The molecular formula is C12H15NS2. The molecule has 3 unspecified atom stereocenters. The Morgan fingerprint density at radius 3 is 2.87 bits per heavy atom. The maximum atomic E-state index is 4.70. The lowest BCUT2D eigenvalue weighted by molar-refractivity contribution is 0.271. The largest absolute Gasteiger partial charge is 0.283 e. The van der Waals surface area contributed by atoms with Gasteiger partial charge in [-0.05, 0) is 24.9 Å². The highest BCUT2D eigenvalue weighted by molar-refractivity contribution is 8.10. The molecule has 1 aromatic carbocycles. The first kappa shape index (κ1) is 10.1. The minimum absolute atomic E-state index is 0.498. The van der Waals surface area contributed by atoms with E-state index in [2.05, 4.69) is 35.2 Å². The summed E-state index contributed by atoms with van der Waals surface area (Å²) in [4.78, 5) is 2.62. The standard InChI is InChI=1S/C12H15NS2/c14-12-10-7-4-8-13(10)11(15-12)9-5-2-1-3-6-9/h1-3,5-6,10-12,14H,4,7-8H2. The summed E-state index contributed by atoms with van der Waals surface area (Å²) in [7, 11) is 0. The number of hydrogen-bond acceptors (Lipinski definition) is 3. The highest BCUT2D eigenvalue weighted by Gasteiger charge is 2.43. The van der Waals surface area contributed by atoms with Crippen LogP contribution in [0.5, 0.6) is 0 Å². The predicted molar refractivity (Wildman–Crippen MR) is 69.3 cm³/mol. The Labute approximate surface area is 101 Å². The van der Waals surface area contributed by atoms with Crippen LogP contribution in [0.25, 0.3) is 0 Å². The van der Waals surface area contributed by atoms with Gasteiger partial charge in [-0.1, -0.05) is 30.3 Å². The normalized spacial score (nSPS) is 35.7. The van der Waals surface area contributed by atoms with Crippen LogP contribution in [0.15, 0.2) is 30.3 Å². The molecule has 2 fully saturated rings. The number of thiol groups is 1. The zero-order chi connectivity index (χ0) is 10.3. The molecular weight excluding hydrogens is 222 g/mol. The van der Waals surface area contributed by atoms with Crippen molar-refractivity contribution in [3.05, 3.63) is 35.9 Å². The Morgan fingerprint density at radius 2 is 2.07 bits per heavy atom. The van der Waals surface area contributed by atoms with E-state index < -0.39 is 0 Å². The van der Waals surface area contributed by atoms with Crippen LogP contribution in [0.2, 0.25) is 0 Å². The van der Waals surface area contributed by atoms with Gasteiger partial charge in [-0.2, -0.15) is 12.6 Å². The summed E-state index contributed by atoms with van der Waals surface area (Å²) in [6, 6.07) is 11.5. The third-order valence-corrected chi connectivity index (χ3v) is 5.43. The lowest BCUT2D eigenvalue weighted by atomic mass is 10.2. The molecule has 1 nitrogen and oxygen atoms in total. The molecule has 2 heterocycles. The van der Waals surface area contributed by atoms with Crippen LogP contribution in [0, 0.1) is 0 Å². The second-order valence-corrected chi connectivity index (χ2v) is 6.37. The van der Waals surface area contributed by atoms with Crippen LogP contribution < -0.4 is 0 Å². The van der Waals surface area contributed by atoms with Crippen molar-refractivity contribution in [3.63, 3.8) is 0 Å². The molecule has 2 aliphatic rings. The Balaban J connectivity index is 1.88. The van der Waals surface area contributed by atoms with E-state index in [1.165, 1.54) is 24.9 Å². The molecule has 0 saturated carbocycles. The van der Waals surface area contributed by atoms with E-state index in [-0.39, 0.29) is 0 Å². The highest BCUT2D eigenvalue weighted by atomic mass is 32.2. The van der Waals surface area contributed by atoms with Crippen molar-refractivity contribution in [1.82, 2.24) is 4.90 Å². The Kier molecular flexibility index (Phi) is 2.71. The number of nitrogens with zero attached hydrogens (tertiary/aromatic N) is 1. The zero-order valence-corrected chi connectivity index (χ0v) is 10.3. The van der Waals surface area contributed by atoms with Gasteiger partial charge in [0.2, 0.25) is 0 Å². The van der Waals surface area contributed by atoms with E-state index in [0.717, 1.165) is 0 Å². The first-order valence-electron chi connectivity index (χ1n) is 5.50. The second kappa shape index (κ2) is 4.04. The van der Waals surface area contributed by atoms with E-state index in [4.69, 9.17) is 12.6 Å². The van der Waals surface area contributed by atoms with Gasteiger partial charge in [0.05, 0.1) is 9.96 Å². The Morgan fingerprint density at radius 1 is 1.27 bits per heavy atom. The maximum Gasteiger partial charge on any atom is 0.0829 e. The van der Waals surface area contributed by atoms with Crippen molar-refractivity contribution in [3.8, 4) is 0 Å². The molecule has 0 radical (unpaired) electrons. The smallest absolute Gasteiger partial charge is 0.0829 e. The topological polar surface area (TPSA) is 3.24 Å². The van der Waals surface area contributed by atoms with Crippen molar-refractivity contribution in [2.45, 2.75) is 28.8 Å². The molecule has 1 aromatic rings. The molecule has 15 heavy (non-hydrogen) atoms. The number of thioether (sulfide) groups is 1. The first-order chi connectivity index (χ1) is 7.36. The number of hydrogen-bond donors (Lipinski definition) is 1. The zero-order valence-electron chi connectivity index (χ0n) is 8.54. The van der Waals surface area contributed by atoms with Crippen molar-refractivity contribution < 1.29 is 0 Å². The number of rotatable bonds is 1. The molecule has 2 saturated heterocycles. The summed E-state index contributed by atoms with van der Waals surface area (Å²) in [6.07, 6.45) is 2.66. The lowest BCUT2D eigenvalue weighted by Crippen LogP contribution is -2.28. The van der Waals surface area contributed by atoms with Gasteiger partial charge in [-0.3, -0.25) is 4.90 Å². The molecule has 3 atom stereocenters. The van der Waals surface area contributed by atoms with Gasteiger partial charge in [0.15, 0.2) is 0 Å². The fraction of sp³-hybridized carbons (Fsp3) is 0.500. The monoisotopic (exact) mass is 237 g/mol. The van der Waals surface area contributed by atoms with E-state index >= 15 is 0 Å². The average Bonchev–Trinajstić information content (AvgIpc) is 2.84. The lowest BCUT2D eigenvalue weighted by Gasteiger charge is -2.22. The van der Waals surface area contributed by atoms with Crippen molar-refractivity contribution in [2.75, 3.05) is 6.54 Å². The highest BCUT2D eigenvalue weighted by Crippen LogP contribution is 2.50. The van der Waals surface area contributed by atoms with Crippen LogP contribution in [0.3, 0.4) is 0 Å². The van der Waals surface area contributed by atoms with Crippen molar-refractivity contribution in [1.29, 1.82) is 0 Å². The first-order valence-corrected chi connectivity index (χ1v) is 6.96. The fourth-order valence-corrected chi connectivity index (χ4v) is 4.74. The molecule has 0 aliphatic carbocycles. The molecule has 0 aromatic heterocycles. The molecule has 80 valence electrons. The van der Waals surface area contributed by atoms with Crippen LogP contribution in [0.1, 0.15) is 23.8 Å². The van der Waals surface area contributed by atoms with E-state index in [1.54, 1.807) is 0 Å². The van der Waals surface area contributed by atoms with Crippen LogP contribution >= 0.6 is 24.4 Å². The molecule has 3 heteroatoms. The predicted octanol–water partition coefficient (Wildman–Crippen LogP) is 3.15. The molecule has 0 spiro atoms. The second-order valence-electron chi connectivity index (χ2n) is 4.24. The van der Waals surface area contributed by atoms with Gasteiger partial charge in [0, 0.05) is 6.04 Å². The van der Waals surface area contributed by atoms with Gasteiger partial charge in [0.1, 0.15) is 0 Å². The fourth-order valence-electron chi connectivity index (χ4n) is 2.60. The van der Waals surface area contributed by atoms with Gasteiger partial charge in [-0.25, -0.2) is 0 Å². The third kappa shape index (κ3) is 1.71. The summed E-state index contributed by atoms with van der Waals surface area (Å²) in [5.74, 6) is 0. The van der Waals surface area contributed by atoms with Gasteiger partial charge >= 0.3 is 0 Å². The molecule has 0 N–H and O–H groups in total. The summed E-state index contributed by atoms with van der Waals surface area (Å²) in [5.41, 5.74) is 1.44.